The molecular weight excluding hydrogens is 564 g/mol. The van der Waals surface area contributed by atoms with Crippen LogP contribution in [0.4, 0.5) is 16.3 Å². The summed E-state index contributed by atoms with van der Waals surface area (Å²) in [6.07, 6.45) is 1.20. The highest BCUT2D eigenvalue weighted by molar-refractivity contribution is 6.28. The first kappa shape index (κ1) is 31.0. The van der Waals surface area contributed by atoms with Crippen molar-refractivity contribution in [1.29, 1.82) is 5.26 Å². The molecule has 13 heteroatoms. The summed E-state index contributed by atoms with van der Waals surface area (Å²) >= 11 is 6.37. The molecule has 0 saturated carbocycles. The predicted octanol–water partition coefficient (Wildman–Crippen LogP) is 4.68. The second-order valence-electron chi connectivity index (χ2n) is 11.7. The van der Waals surface area contributed by atoms with E-state index >= 15 is 0 Å². The molecule has 1 aromatic heterocycles. The average Bonchev–Trinajstić information content (AvgIpc) is 2.91. The molecule has 0 N–H and O–H groups in total. The number of benzene rings is 1. The van der Waals surface area contributed by atoms with Crippen LogP contribution in [0.2, 0.25) is 5.28 Å². The molecule has 1 aliphatic heterocycles. The van der Waals surface area contributed by atoms with Crippen LogP contribution in [0.25, 0.3) is 0 Å². The van der Waals surface area contributed by atoms with Crippen LogP contribution in [0.1, 0.15) is 62.4 Å². The van der Waals surface area contributed by atoms with Crippen LogP contribution in [-0.4, -0.2) is 70.2 Å². The SMILES string of the molecule is COC(=O)C1(Cc2nc(Cl)nc(N3CCN(C(=O)OC(C)(C)C)[C@@H](CC#N)C3)c2[N+](=O)[O-])CCCc2c(C)cccc21. The van der Waals surface area contributed by atoms with Crippen molar-refractivity contribution < 1.29 is 24.0 Å². The Kier molecular flexibility index (Phi) is 8.92. The largest absolute Gasteiger partial charge is 0.468 e. The van der Waals surface area contributed by atoms with E-state index in [1.807, 2.05) is 25.1 Å². The van der Waals surface area contributed by atoms with Crippen LogP contribution in [0.5, 0.6) is 0 Å². The molecule has 12 nitrogen and oxygen atoms in total. The second kappa shape index (κ2) is 12.1. The number of ether oxygens (including phenoxy) is 2. The Morgan fingerprint density at radius 2 is 2.02 bits per heavy atom. The number of piperazine rings is 1. The van der Waals surface area contributed by atoms with E-state index in [4.69, 9.17) is 21.1 Å². The summed E-state index contributed by atoms with van der Waals surface area (Å²) in [5, 5.41) is 21.9. The zero-order valence-electron chi connectivity index (χ0n) is 24.5. The minimum absolute atomic E-state index is 0.0150. The van der Waals surface area contributed by atoms with Gasteiger partial charge in [-0.2, -0.15) is 10.2 Å². The highest BCUT2D eigenvalue weighted by Gasteiger charge is 2.47. The molecule has 4 rings (SSSR count). The van der Waals surface area contributed by atoms with Crippen LogP contribution in [0, 0.1) is 28.4 Å². The number of methoxy groups -OCH3 is 1. The number of nitrogens with zero attached hydrogens (tertiary/aromatic N) is 6. The summed E-state index contributed by atoms with van der Waals surface area (Å²) < 4.78 is 10.8. The minimum atomic E-state index is -1.20. The number of nitriles is 1. The molecule has 1 fully saturated rings. The first-order valence-electron chi connectivity index (χ1n) is 13.8. The number of nitro groups is 1. The van der Waals surface area contributed by atoms with Crippen molar-refractivity contribution in [3.63, 3.8) is 0 Å². The number of hydrogen-bond acceptors (Lipinski definition) is 10. The molecule has 2 aromatic rings. The van der Waals surface area contributed by atoms with Crippen LogP contribution in [0.15, 0.2) is 18.2 Å². The van der Waals surface area contributed by atoms with E-state index < -0.39 is 34.0 Å². The highest BCUT2D eigenvalue weighted by atomic mass is 35.5. The van der Waals surface area contributed by atoms with E-state index in [1.54, 1.807) is 25.7 Å². The predicted molar refractivity (Wildman–Crippen MR) is 154 cm³/mol. The maximum absolute atomic E-state index is 13.5. The normalized spacial score (nSPS) is 20.4. The number of aryl methyl sites for hydroxylation is 1. The number of fused-ring (bicyclic) bond motifs is 1. The van der Waals surface area contributed by atoms with Gasteiger partial charge in [-0.15, -0.1) is 0 Å². The first-order chi connectivity index (χ1) is 19.8. The Bertz CT molecular complexity index is 1440. The molecule has 42 heavy (non-hydrogen) atoms. The van der Waals surface area contributed by atoms with Gasteiger partial charge >= 0.3 is 17.7 Å². The van der Waals surface area contributed by atoms with Crippen molar-refractivity contribution in [3.05, 3.63) is 56.0 Å². The van der Waals surface area contributed by atoms with Gasteiger partial charge in [-0.1, -0.05) is 18.2 Å². The summed E-state index contributed by atoms with van der Waals surface area (Å²) in [7, 11) is 1.31. The molecule has 1 amide bonds. The fourth-order valence-corrected chi connectivity index (χ4v) is 6.19. The van der Waals surface area contributed by atoms with Gasteiger partial charge in [0.25, 0.3) is 0 Å². The molecule has 0 spiro atoms. The van der Waals surface area contributed by atoms with E-state index in [9.17, 15) is 25.0 Å². The van der Waals surface area contributed by atoms with Gasteiger partial charge in [0.2, 0.25) is 11.1 Å². The summed E-state index contributed by atoms with van der Waals surface area (Å²) in [5.41, 5.74) is 0.534. The van der Waals surface area contributed by atoms with Crippen LogP contribution < -0.4 is 4.90 Å². The number of aromatic nitrogens is 2. The van der Waals surface area contributed by atoms with E-state index in [0.717, 1.165) is 23.1 Å². The summed E-state index contributed by atoms with van der Waals surface area (Å²) in [4.78, 5) is 50.0. The summed E-state index contributed by atoms with van der Waals surface area (Å²) in [5.74, 6) is -0.526. The fourth-order valence-electron chi connectivity index (χ4n) is 6.01. The van der Waals surface area contributed by atoms with Gasteiger partial charge in [0.15, 0.2) is 0 Å². The molecule has 0 bridgehead atoms. The number of hydrogen-bond donors (Lipinski definition) is 0. The lowest BCUT2D eigenvalue weighted by molar-refractivity contribution is -0.385. The topological polar surface area (TPSA) is 152 Å². The first-order valence-corrected chi connectivity index (χ1v) is 14.2. The van der Waals surface area contributed by atoms with Crippen molar-refractivity contribution in [2.24, 2.45) is 0 Å². The summed E-state index contributed by atoms with van der Waals surface area (Å²) in [6, 6.07) is 7.19. The molecule has 0 radical (unpaired) electrons. The van der Waals surface area contributed by atoms with Crippen molar-refractivity contribution in [2.75, 3.05) is 31.6 Å². The second-order valence-corrected chi connectivity index (χ2v) is 12.0. The quantitative estimate of drug-likeness (QED) is 0.198. The molecule has 2 atom stereocenters. The number of carbonyl (C=O) groups is 2. The maximum Gasteiger partial charge on any atom is 0.410 e. The van der Waals surface area contributed by atoms with Gasteiger partial charge < -0.3 is 19.3 Å². The number of amides is 1. The van der Waals surface area contributed by atoms with Crippen molar-refractivity contribution in [1.82, 2.24) is 14.9 Å². The van der Waals surface area contributed by atoms with Crippen LogP contribution >= 0.6 is 11.6 Å². The molecule has 1 aromatic carbocycles. The number of carbonyl (C=O) groups excluding carboxylic acids is 2. The number of rotatable bonds is 6. The lowest BCUT2D eigenvalue weighted by Gasteiger charge is -2.41. The third-order valence-electron chi connectivity index (χ3n) is 7.83. The Morgan fingerprint density at radius 3 is 2.67 bits per heavy atom. The zero-order valence-corrected chi connectivity index (χ0v) is 25.2. The maximum atomic E-state index is 13.5. The third-order valence-corrected chi connectivity index (χ3v) is 8.00. The monoisotopic (exact) mass is 598 g/mol. The molecule has 1 saturated heterocycles. The minimum Gasteiger partial charge on any atom is -0.468 e. The molecule has 224 valence electrons. The zero-order chi connectivity index (χ0) is 30.8. The lowest BCUT2D eigenvalue weighted by atomic mass is 9.66. The van der Waals surface area contributed by atoms with Crippen LogP contribution in [0.3, 0.4) is 0 Å². The van der Waals surface area contributed by atoms with Gasteiger partial charge in [0, 0.05) is 26.1 Å². The van der Waals surface area contributed by atoms with E-state index in [2.05, 4.69) is 16.0 Å². The van der Waals surface area contributed by atoms with E-state index in [-0.39, 0.29) is 55.0 Å². The van der Waals surface area contributed by atoms with Gasteiger partial charge in [0.1, 0.15) is 11.3 Å². The Hall–Kier alpha value is -3.98. The smallest absolute Gasteiger partial charge is 0.410 e. The number of esters is 1. The molecule has 1 aliphatic carbocycles. The summed E-state index contributed by atoms with van der Waals surface area (Å²) in [6.45, 7) is 7.64. The van der Waals surface area contributed by atoms with Crippen molar-refractivity contribution in [3.8, 4) is 6.07 Å². The van der Waals surface area contributed by atoms with Gasteiger partial charge in [-0.25, -0.2) is 9.78 Å². The van der Waals surface area contributed by atoms with E-state index in [1.165, 1.54) is 12.0 Å². The van der Waals surface area contributed by atoms with Crippen molar-refractivity contribution in [2.45, 2.75) is 76.9 Å². The van der Waals surface area contributed by atoms with Gasteiger partial charge in [-0.05, 0) is 75.2 Å². The number of halogens is 1. The van der Waals surface area contributed by atoms with Crippen molar-refractivity contribution >= 4 is 35.2 Å². The van der Waals surface area contributed by atoms with Gasteiger partial charge in [-0.3, -0.25) is 14.9 Å². The molecular formula is C29H35ClN6O6. The Balaban J connectivity index is 1.77. The highest BCUT2D eigenvalue weighted by Crippen LogP contribution is 2.44. The third kappa shape index (κ3) is 6.11. The van der Waals surface area contributed by atoms with Crippen LogP contribution in [-0.2, 0) is 32.5 Å². The average molecular weight is 599 g/mol. The number of anilines is 1. The molecule has 2 aliphatic rings. The van der Waals surface area contributed by atoms with Gasteiger partial charge in [0.05, 0.1) is 36.0 Å². The Labute approximate surface area is 249 Å². The lowest BCUT2D eigenvalue weighted by Crippen LogP contribution is -2.56. The van der Waals surface area contributed by atoms with E-state index in [0.29, 0.717) is 12.8 Å². The fraction of sp³-hybridized carbons (Fsp3) is 0.552. The standard InChI is InChI=1S/C29H35ClN6O6/c1-18-8-6-10-21-20(18)9-7-12-29(21,25(37)41-5)16-22-23(36(39)40)24(33-26(30)32-22)34-14-15-35(19(17-34)11-13-31)27(38)42-28(2,3)4/h6,8,10,19H,7,9,11-12,14-17H2,1-5H3/t19-,29?/m0/s1. The Morgan fingerprint density at radius 1 is 1.29 bits per heavy atom. The molecule has 2 heterocycles. The molecule has 1 unspecified atom stereocenters.